The number of rotatable bonds is 4. The number of nitrogens with two attached hydrogens (primary N) is 1. The summed E-state index contributed by atoms with van der Waals surface area (Å²) >= 11 is 0. The van der Waals surface area contributed by atoms with Crippen molar-refractivity contribution in [3.8, 4) is 0 Å². The summed E-state index contributed by atoms with van der Waals surface area (Å²) in [6, 6.07) is 10.9. The average molecular weight is 406 g/mol. The Balaban J connectivity index is 1.28. The Bertz CT molecular complexity index is 1150. The molecule has 1 aromatic heterocycles. The molecule has 0 unspecified atom stereocenters. The second-order valence-electron chi connectivity index (χ2n) is 8.15. The molecule has 7 heteroatoms. The summed E-state index contributed by atoms with van der Waals surface area (Å²) in [5.41, 5.74) is 8.61. The number of hydrogen-bond donors (Lipinski definition) is 2. The molecule has 3 heterocycles. The van der Waals surface area contributed by atoms with E-state index < -0.39 is 11.7 Å². The normalized spacial score (nSPS) is 17.6. The molecule has 2 aromatic carbocycles. The van der Waals surface area contributed by atoms with Crippen LogP contribution < -0.4 is 5.73 Å². The summed E-state index contributed by atoms with van der Waals surface area (Å²) in [6.45, 7) is 2.96. The van der Waals surface area contributed by atoms with Crippen molar-refractivity contribution >= 4 is 22.7 Å². The maximum atomic E-state index is 13.9. The summed E-state index contributed by atoms with van der Waals surface area (Å²) in [5.74, 6) is -1.52. The third kappa shape index (κ3) is 3.15. The standard InChI is InChI=1S/C23H23FN4O2/c24-16-10-15-13-28(23(30)21(15)19(11-16)22(25)29)17-5-8-27(9-6-17)12-14-2-1-3-20-18(14)4-7-26-20/h1-4,7,10-11,17,26H,5-6,8-9,12-13H2,(H2,25,29). The molecule has 154 valence electrons. The molecule has 1 saturated heterocycles. The Hall–Kier alpha value is -3.19. The van der Waals surface area contributed by atoms with E-state index >= 15 is 0 Å². The highest BCUT2D eigenvalue weighted by Gasteiger charge is 2.37. The van der Waals surface area contributed by atoms with Crippen molar-refractivity contribution in [1.82, 2.24) is 14.8 Å². The highest BCUT2D eigenvalue weighted by atomic mass is 19.1. The molecule has 2 amide bonds. The molecule has 1 fully saturated rings. The van der Waals surface area contributed by atoms with E-state index in [9.17, 15) is 14.0 Å². The highest BCUT2D eigenvalue weighted by Crippen LogP contribution is 2.32. The second kappa shape index (κ2) is 7.25. The number of primary amides is 1. The van der Waals surface area contributed by atoms with E-state index in [4.69, 9.17) is 5.73 Å². The van der Waals surface area contributed by atoms with Gasteiger partial charge in [0.2, 0.25) is 5.91 Å². The van der Waals surface area contributed by atoms with Crippen LogP contribution in [-0.4, -0.2) is 45.7 Å². The fourth-order valence-corrected chi connectivity index (χ4v) is 4.85. The molecule has 3 N–H and O–H groups in total. The van der Waals surface area contributed by atoms with Gasteiger partial charge in [-0.1, -0.05) is 12.1 Å². The Kier molecular flexibility index (Phi) is 4.55. The van der Waals surface area contributed by atoms with Crippen LogP contribution in [0, 0.1) is 5.82 Å². The number of aromatic nitrogens is 1. The lowest BCUT2D eigenvalue weighted by molar-refractivity contribution is 0.0588. The summed E-state index contributed by atoms with van der Waals surface area (Å²) < 4.78 is 13.9. The molecule has 0 radical (unpaired) electrons. The topological polar surface area (TPSA) is 82.4 Å². The van der Waals surface area contributed by atoms with Gasteiger partial charge in [-0.3, -0.25) is 14.5 Å². The second-order valence-corrected chi connectivity index (χ2v) is 8.15. The van der Waals surface area contributed by atoms with Crippen molar-refractivity contribution in [3.05, 3.63) is 70.7 Å². The number of amides is 2. The van der Waals surface area contributed by atoms with Gasteiger partial charge in [-0.05, 0) is 48.2 Å². The van der Waals surface area contributed by atoms with Gasteiger partial charge in [0, 0.05) is 49.3 Å². The maximum absolute atomic E-state index is 13.9. The number of hydrogen-bond acceptors (Lipinski definition) is 3. The Morgan fingerprint density at radius 3 is 2.77 bits per heavy atom. The summed E-state index contributed by atoms with van der Waals surface area (Å²) in [6.07, 6.45) is 3.65. The average Bonchev–Trinajstić information content (AvgIpc) is 3.33. The maximum Gasteiger partial charge on any atom is 0.255 e. The van der Waals surface area contributed by atoms with Crippen molar-refractivity contribution < 1.29 is 14.0 Å². The van der Waals surface area contributed by atoms with E-state index in [0.29, 0.717) is 12.1 Å². The Morgan fingerprint density at radius 1 is 1.20 bits per heavy atom. The number of nitrogens with zero attached hydrogens (tertiary/aromatic N) is 2. The van der Waals surface area contributed by atoms with Gasteiger partial charge in [0.05, 0.1) is 11.1 Å². The molecule has 2 aliphatic rings. The zero-order chi connectivity index (χ0) is 20.8. The van der Waals surface area contributed by atoms with Crippen LogP contribution >= 0.6 is 0 Å². The summed E-state index contributed by atoms with van der Waals surface area (Å²) in [4.78, 5) is 32.1. The van der Waals surface area contributed by atoms with E-state index in [1.54, 1.807) is 4.90 Å². The lowest BCUT2D eigenvalue weighted by Crippen LogP contribution is -2.44. The van der Waals surface area contributed by atoms with Crippen molar-refractivity contribution in [2.45, 2.75) is 32.0 Å². The first-order valence-electron chi connectivity index (χ1n) is 10.2. The molecule has 2 aliphatic heterocycles. The van der Waals surface area contributed by atoms with E-state index in [-0.39, 0.29) is 23.1 Å². The minimum Gasteiger partial charge on any atom is -0.366 e. The van der Waals surface area contributed by atoms with E-state index in [1.165, 1.54) is 17.0 Å². The SMILES string of the molecule is NC(=O)c1cc(F)cc2c1C(=O)N(C1CCN(Cc3cccc4[nH]ccc34)CC1)C2. The number of aromatic amines is 1. The molecule has 0 atom stereocenters. The number of piperidine rings is 1. The molecule has 0 bridgehead atoms. The van der Waals surface area contributed by atoms with Gasteiger partial charge < -0.3 is 15.6 Å². The fourth-order valence-electron chi connectivity index (χ4n) is 4.85. The quantitative estimate of drug-likeness (QED) is 0.699. The van der Waals surface area contributed by atoms with Crippen LogP contribution in [0.1, 0.15) is 44.7 Å². The van der Waals surface area contributed by atoms with Crippen LogP contribution in [0.5, 0.6) is 0 Å². The largest absolute Gasteiger partial charge is 0.366 e. The Morgan fingerprint density at radius 2 is 2.00 bits per heavy atom. The van der Waals surface area contributed by atoms with Crippen LogP contribution in [-0.2, 0) is 13.1 Å². The fraction of sp³-hybridized carbons (Fsp3) is 0.304. The van der Waals surface area contributed by atoms with Crippen molar-refractivity contribution in [1.29, 1.82) is 0 Å². The first-order chi connectivity index (χ1) is 14.5. The predicted octanol–water partition coefficient (Wildman–Crippen LogP) is 3.03. The predicted molar refractivity (Wildman–Crippen MR) is 111 cm³/mol. The molecule has 5 rings (SSSR count). The molecule has 0 spiro atoms. The van der Waals surface area contributed by atoms with Gasteiger partial charge in [-0.15, -0.1) is 0 Å². The third-order valence-corrected chi connectivity index (χ3v) is 6.34. The zero-order valence-corrected chi connectivity index (χ0v) is 16.5. The van der Waals surface area contributed by atoms with Crippen molar-refractivity contribution in [3.63, 3.8) is 0 Å². The minimum absolute atomic E-state index is 0.0190. The number of H-pyrrole nitrogens is 1. The van der Waals surface area contributed by atoms with Crippen molar-refractivity contribution in [2.24, 2.45) is 5.73 Å². The number of benzene rings is 2. The van der Waals surface area contributed by atoms with Gasteiger partial charge in [0.1, 0.15) is 5.82 Å². The number of fused-ring (bicyclic) bond motifs is 2. The summed E-state index contributed by atoms with van der Waals surface area (Å²) in [7, 11) is 0. The van der Waals surface area contributed by atoms with Crippen LogP contribution in [0.25, 0.3) is 10.9 Å². The highest BCUT2D eigenvalue weighted by molar-refractivity contribution is 6.09. The number of nitrogens with one attached hydrogen (secondary N) is 1. The number of halogens is 1. The molecule has 0 saturated carbocycles. The number of carbonyl (C=O) groups is 2. The zero-order valence-electron chi connectivity index (χ0n) is 16.5. The molecule has 30 heavy (non-hydrogen) atoms. The molecular formula is C23H23FN4O2. The minimum atomic E-state index is -0.769. The number of carbonyl (C=O) groups excluding carboxylic acids is 2. The van der Waals surface area contributed by atoms with Gasteiger partial charge in [-0.2, -0.15) is 0 Å². The molecule has 6 nitrogen and oxygen atoms in total. The Labute approximate surface area is 173 Å². The summed E-state index contributed by atoms with van der Waals surface area (Å²) in [5, 5.41) is 1.24. The van der Waals surface area contributed by atoms with Crippen LogP contribution in [0.4, 0.5) is 4.39 Å². The van der Waals surface area contributed by atoms with Crippen LogP contribution in [0.2, 0.25) is 0 Å². The van der Waals surface area contributed by atoms with E-state index in [1.807, 2.05) is 6.20 Å². The van der Waals surface area contributed by atoms with Gasteiger partial charge in [0.25, 0.3) is 5.91 Å². The smallest absolute Gasteiger partial charge is 0.255 e. The van der Waals surface area contributed by atoms with E-state index in [2.05, 4.69) is 34.1 Å². The first kappa shape index (κ1) is 18.8. The van der Waals surface area contributed by atoms with Gasteiger partial charge in [-0.25, -0.2) is 4.39 Å². The number of likely N-dealkylation sites (tertiary alicyclic amines) is 1. The van der Waals surface area contributed by atoms with Crippen molar-refractivity contribution in [2.75, 3.05) is 13.1 Å². The monoisotopic (exact) mass is 406 g/mol. The molecule has 3 aromatic rings. The lowest BCUT2D eigenvalue weighted by Gasteiger charge is -2.36. The van der Waals surface area contributed by atoms with Gasteiger partial charge >= 0.3 is 0 Å². The van der Waals surface area contributed by atoms with E-state index in [0.717, 1.165) is 44.1 Å². The molecule has 0 aliphatic carbocycles. The van der Waals surface area contributed by atoms with Gasteiger partial charge in [0.15, 0.2) is 0 Å². The van der Waals surface area contributed by atoms with Crippen LogP contribution in [0.15, 0.2) is 42.6 Å². The lowest BCUT2D eigenvalue weighted by atomic mass is 10.0. The third-order valence-electron chi connectivity index (χ3n) is 6.34. The molecular weight excluding hydrogens is 383 g/mol. The first-order valence-corrected chi connectivity index (χ1v) is 10.2. The van der Waals surface area contributed by atoms with Crippen LogP contribution in [0.3, 0.4) is 0 Å².